The lowest BCUT2D eigenvalue weighted by molar-refractivity contribution is 0.716. The molecule has 80 valence electrons. The number of rotatable bonds is 4. The molecule has 0 saturated carbocycles. The van der Waals surface area contributed by atoms with Gasteiger partial charge in [-0.3, -0.25) is 4.68 Å². The summed E-state index contributed by atoms with van der Waals surface area (Å²) in [5.41, 5.74) is 0. The standard InChI is InChI=1S/C11H15N3S/c1-3-9(10-5-4-8-15-10)13-11-6-7-12-14(11)2/h4-9,13H,3H2,1-2H3. The zero-order valence-electron chi connectivity index (χ0n) is 8.97. The maximum atomic E-state index is 4.14. The number of nitrogens with zero attached hydrogens (tertiary/aromatic N) is 2. The Balaban J connectivity index is 2.13. The fourth-order valence-corrected chi connectivity index (χ4v) is 2.42. The second-order valence-electron chi connectivity index (χ2n) is 3.46. The molecule has 2 aromatic heterocycles. The Morgan fingerprint density at radius 1 is 1.53 bits per heavy atom. The normalized spacial score (nSPS) is 12.7. The number of hydrogen-bond donors (Lipinski definition) is 1. The Morgan fingerprint density at radius 3 is 2.93 bits per heavy atom. The van der Waals surface area contributed by atoms with Gasteiger partial charge in [0.2, 0.25) is 0 Å². The van der Waals surface area contributed by atoms with Crippen LogP contribution in [0.15, 0.2) is 29.8 Å². The first-order valence-electron chi connectivity index (χ1n) is 5.09. The highest BCUT2D eigenvalue weighted by molar-refractivity contribution is 7.10. The van der Waals surface area contributed by atoms with E-state index >= 15 is 0 Å². The SMILES string of the molecule is CCC(Nc1ccnn1C)c1cccs1. The van der Waals surface area contributed by atoms with Crippen LogP contribution in [-0.2, 0) is 7.05 Å². The minimum Gasteiger partial charge on any atom is -0.363 e. The highest BCUT2D eigenvalue weighted by atomic mass is 32.1. The molecule has 0 amide bonds. The van der Waals surface area contributed by atoms with E-state index in [0.717, 1.165) is 12.2 Å². The van der Waals surface area contributed by atoms with Crippen LogP contribution in [0, 0.1) is 0 Å². The molecule has 0 radical (unpaired) electrons. The maximum absolute atomic E-state index is 4.14. The van der Waals surface area contributed by atoms with Gasteiger partial charge < -0.3 is 5.32 Å². The summed E-state index contributed by atoms with van der Waals surface area (Å²) >= 11 is 1.79. The van der Waals surface area contributed by atoms with Crippen LogP contribution in [0.5, 0.6) is 0 Å². The molecular weight excluding hydrogens is 206 g/mol. The lowest BCUT2D eigenvalue weighted by Gasteiger charge is -2.16. The van der Waals surface area contributed by atoms with Crippen LogP contribution < -0.4 is 5.32 Å². The van der Waals surface area contributed by atoms with Gasteiger partial charge in [-0.15, -0.1) is 11.3 Å². The van der Waals surface area contributed by atoms with Crippen molar-refractivity contribution in [2.75, 3.05) is 5.32 Å². The smallest absolute Gasteiger partial charge is 0.124 e. The first-order valence-corrected chi connectivity index (χ1v) is 5.97. The van der Waals surface area contributed by atoms with Crippen LogP contribution in [0.25, 0.3) is 0 Å². The van der Waals surface area contributed by atoms with Gasteiger partial charge in [0.05, 0.1) is 12.2 Å². The van der Waals surface area contributed by atoms with Crippen molar-refractivity contribution in [3.63, 3.8) is 0 Å². The van der Waals surface area contributed by atoms with Gasteiger partial charge in [-0.25, -0.2) is 0 Å². The number of thiophene rings is 1. The number of aryl methyl sites for hydroxylation is 1. The van der Waals surface area contributed by atoms with Crippen molar-refractivity contribution in [3.05, 3.63) is 34.7 Å². The minimum absolute atomic E-state index is 0.389. The van der Waals surface area contributed by atoms with Crippen molar-refractivity contribution in [3.8, 4) is 0 Å². The molecular formula is C11H15N3S. The molecule has 0 aliphatic heterocycles. The van der Waals surface area contributed by atoms with Crippen LogP contribution in [0.4, 0.5) is 5.82 Å². The Bertz CT molecular complexity index is 405. The molecule has 0 saturated heterocycles. The van der Waals surface area contributed by atoms with Crippen LogP contribution in [0.1, 0.15) is 24.3 Å². The Labute approximate surface area is 93.7 Å². The van der Waals surface area contributed by atoms with Gasteiger partial charge in [-0.2, -0.15) is 5.10 Å². The van der Waals surface area contributed by atoms with Crippen molar-refractivity contribution in [1.82, 2.24) is 9.78 Å². The molecule has 1 atom stereocenters. The average molecular weight is 221 g/mol. The minimum atomic E-state index is 0.389. The molecule has 0 bridgehead atoms. The summed E-state index contributed by atoms with van der Waals surface area (Å²) in [5.74, 6) is 1.07. The first-order chi connectivity index (χ1) is 7.31. The largest absolute Gasteiger partial charge is 0.363 e. The lowest BCUT2D eigenvalue weighted by Crippen LogP contribution is -2.11. The molecule has 1 unspecified atom stereocenters. The van der Waals surface area contributed by atoms with Crippen LogP contribution >= 0.6 is 11.3 Å². The number of nitrogens with one attached hydrogen (secondary N) is 1. The highest BCUT2D eigenvalue weighted by Crippen LogP contribution is 2.25. The predicted octanol–water partition coefficient (Wildman–Crippen LogP) is 3.04. The predicted molar refractivity (Wildman–Crippen MR) is 64.2 cm³/mol. The molecule has 1 N–H and O–H groups in total. The van der Waals surface area contributed by atoms with Crippen molar-refractivity contribution in [2.24, 2.45) is 7.05 Å². The Hall–Kier alpha value is -1.29. The van der Waals surface area contributed by atoms with E-state index < -0.39 is 0 Å². The molecule has 3 nitrogen and oxygen atoms in total. The summed E-state index contributed by atoms with van der Waals surface area (Å²) in [6, 6.07) is 6.65. The molecule has 0 spiro atoms. The monoisotopic (exact) mass is 221 g/mol. The summed E-state index contributed by atoms with van der Waals surface area (Å²) in [5, 5.41) is 9.75. The van der Waals surface area contributed by atoms with Crippen molar-refractivity contribution < 1.29 is 0 Å². The maximum Gasteiger partial charge on any atom is 0.124 e. The zero-order chi connectivity index (χ0) is 10.7. The third-order valence-corrected chi connectivity index (χ3v) is 3.42. The second kappa shape index (κ2) is 4.49. The Morgan fingerprint density at radius 2 is 2.40 bits per heavy atom. The summed E-state index contributed by atoms with van der Waals surface area (Å²) in [4.78, 5) is 1.37. The fraction of sp³-hybridized carbons (Fsp3) is 0.364. The van der Waals surface area contributed by atoms with Gasteiger partial charge in [-0.05, 0) is 17.9 Å². The molecule has 0 aliphatic rings. The van der Waals surface area contributed by atoms with Crippen molar-refractivity contribution in [1.29, 1.82) is 0 Å². The molecule has 0 aliphatic carbocycles. The molecule has 4 heteroatoms. The van der Waals surface area contributed by atoms with E-state index in [0.29, 0.717) is 6.04 Å². The van der Waals surface area contributed by atoms with E-state index in [2.05, 4.69) is 34.9 Å². The molecule has 0 aromatic carbocycles. The molecule has 2 heterocycles. The van der Waals surface area contributed by atoms with Gasteiger partial charge in [0.25, 0.3) is 0 Å². The second-order valence-corrected chi connectivity index (χ2v) is 4.44. The number of aromatic nitrogens is 2. The quantitative estimate of drug-likeness (QED) is 0.860. The van der Waals surface area contributed by atoms with E-state index in [1.54, 1.807) is 11.3 Å². The molecule has 15 heavy (non-hydrogen) atoms. The Kier molecular flexibility index (Phi) is 3.06. The summed E-state index contributed by atoms with van der Waals surface area (Å²) in [6.45, 7) is 2.19. The van der Waals surface area contributed by atoms with Gasteiger partial charge in [0, 0.05) is 18.0 Å². The van der Waals surface area contributed by atoms with Crippen LogP contribution in [-0.4, -0.2) is 9.78 Å². The molecule has 2 aromatic rings. The number of hydrogen-bond acceptors (Lipinski definition) is 3. The van der Waals surface area contributed by atoms with Gasteiger partial charge in [-0.1, -0.05) is 13.0 Å². The first kappa shape index (κ1) is 10.2. The van der Waals surface area contributed by atoms with Gasteiger partial charge in [0.1, 0.15) is 5.82 Å². The third kappa shape index (κ3) is 2.21. The van der Waals surface area contributed by atoms with E-state index in [4.69, 9.17) is 0 Å². The van der Waals surface area contributed by atoms with E-state index in [-0.39, 0.29) is 0 Å². The van der Waals surface area contributed by atoms with Crippen molar-refractivity contribution in [2.45, 2.75) is 19.4 Å². The fourth-order valence-electron chi connectivity index (χ4n) is 1.56. The van der Waals surface area contributed by atoms with E-state index in [1.807, 2.05) is 24.0 Å². The molecule has 2 rings (SSSR count). The van der Waals surface area contributed by atoms with Crippen LogP contribution in [0.3, 0.4) is 0 Å². The highest BCUT2D eigenvalue weighted by Gasteiger charge is 2.11. The lowest BCUT2D eigenvalue weighted by atomic mass is 10.2. The van der Waals surface area contributed by atoms with Gasteiger partial charge >= 0.3 is 0 Å². The molecule has 0 fully saturated rings. The van der Waals surface area contributed by atoms with Crippen molar-refractivity contribution >= 4 is 17.2 Å². The topological polar surface area (TPSA) is 29.9 Å². The summed E-state index contributed by atoms with van der Waals surface area (Å²) in [6.07, 6.45) is 2.88. The summed E-state index contributed by atoms with van der Waals surface area (Å²) in [7, 11) is 1.95. The number of anilines is 1. The zero-order valence-corrected chi connectivity index (χ0v) is 9.79. The third-order valence-electron chi connectivity index (χ3n) is 2.44. The van der Waals surface area contributed by atoms with Gasteiger partial charge in [0.15, 0.2) is 0 Å². The van der Waals surface area contributed by atoms with E-state index in [9.17, 15) is 0 Å². The van der Waals surface area contributed by atoms with Crippen LogP contribution in [0.2, 0.25) is 0 Å². The summed E-state index contributed by atoms with van der Waals surface area (Å²) < 4.78 is 1.86. The average Bonchev–Trinajstić information content (AvgIpc) is 2.86. The van der Waals surface area contributed by atoms with E-state index in [1.165, 1.54) is 4.88 Å².